The molecule has 8 heteroatoms. The van der Waals surface area contributed by atoms with E-state index in [-0.39, 0.29) is 5.91 Å². The van der Waals surface area contributed by atoms with E-state index in [1.54, 1.807) is 43.9 Å². The fourth-order valence-corrected chi connectivity index (χ4v) is 3.72. The molecule has 0 fully saturated rings. The van der Waals surface area contributed by atoms with Crippen molar-refractivity contribution < 1.29 is 14.3 Å². The lowest BCUT2D eigenvalue weighted by molar-refractivity contribution is 0.102. The lowest BCUT2D eigenvalue weighted by Crippen LogP contribution is -2.16. The number of aromatic nitrogens is 3. The minimum Gasteiger partial charge on any atom is -0.493 e. The maximum Gasteiger partial charge on any atom is 0.274 e. The Morgan fingerprint density at radius 2 is 1.91 bits per heavy atom. The Morgan fingerprint density at radius 3 is 2.62 bits per heavy atom. The van der Waals surface area contributed by atoms with Crippen LogP contribution in [0.1, 0.15) is 16.1 Å². The number of carbonyl (C=O) groups is 1. The molecule has 0 aliphatic heterocycles. The van der Waals surface area contributed by atoms with E-state index in [2.05, 4.69) is 15.3 Å². The van der Waals surface area contributed by atoms with Crippen LogP contribution < -0.4 is 14.8 Å². The van der Waals surface area contributed by atoms with Gasteiger partial charge in [0.1, 0.15) is 12.3 Å². The summed E-state index contributed by atoms with van der Waals surface area (Å²) in [5, 5.41) is 3.67. The third-order valence-electron chi connectivity index (χ3n) is 4.70. The first-order valence-electron chi connectivity index (χ1n) is 9.88. The van der Waals surface area contributed by atoms with Crippen molar-refractivity contribution in [3.8, 4) is 17.2 Å². The van der Waals surface area contributed by atoms with Gasteiger partial charge in [-0.05, 0) is 36.6 Å². The highest BCUT2D eigenvalue weighted by Crippen LogP contribution is 2.31. The Morgan fingerprint density at radius 1 is 1.06 bits per heavy atom. The molecule has 0 saturated heterocycles. The highest BCUT2D eigenvalue weighted by molar-refractivity contribution is 7.98. The Bertz CT molecular complexity index is 1200. The number of rotatable bonds is 8. The highest BCUT2D eigenvalue weighted by atomic mass is 32.2. The SMILES string of the molecule is COc1ccc(NC(=O)c2cnc(SC)n2-c2ccccc2)cc1OCc1cccnc1. The molecule has 2 aromatic carbocycles. The number of pyridine rings is 1. The molecule has 0 aliphatic carbocycles. The standard InChI is InChI=1S/C24H22N4O3S/c1-30-21-11-10-18(13-22(21)31-16-17-7-6-12-25-14-17)27-23(29)20-15-26-24(32-2)28(20)19-8-4-3-5-9-19/h3-15H,16H2,1-2H3,(H,27,29). The number of benzene rings is 2. The summed E-state index contributed by atoms with van der Waals surface area (Å²) in [6.07, 6.45) is 6.96. The van der Waals surface area contributed by atoms with Gasteiger partial charge in [0.05, 0.1) is 13.3 Å². The van der Waals surface area contributed by atoms with Crippen LogP contribution in [0.4, 0.5) is 5.69 Å². The molecular formula is C24H22N4O3S. The molecule has 7 nitrogen and oxygen atoms in total. The van der Waals surface area contributed by atoms with Crippen molar-refractivity contribution in [2.45, 2.75) is 11.8 Å². The maximum absolute atomic E-state index is 13.1. The van der Waals surface area contributed by atoms with E-state index in [0.29, 0.717) is 29.5 Å². The second-order valence-corrected chi connectivity index (χ2v) is 7.54. The number of amides is 1. The third kappa shape index (κ3) is 4.76. The minimum atomic E-state index is -0.273. The summed E-state index contributed by atoms with van der Waals surface area (Å²) in [7, 11) is 1.58. The van der Waals surface area contributed by atoms with Crippen molar-refractivity contribution in [2.24, 2.45) is 0 Å². The normalized spacial score (nSPS) is 10.6. The monoisotopic (exact) mass is 446 g/mol. The van der Waals surface area contributed by atoms with Crippen molar-refractivity contribution in [1.29, 1.82) is 0 Å². The maximum atomic E-state index is 13.1. The molecule has 2 aromatic heterocycles. The summed E-state index contributed by atoms with van der Waals surface area (Å²) in [5.74, 6) is 0.825. The van der Waals surface area contributed by atoms with Crippen LogP contribution in [0.2, 0.25) is 0 Å². The Kier molecular flexibility index (Phi) is 6.72. The number of imidazole rings is 1. The summed E-state index contributed by atoms with van der Waals surface area (Å²) >= 11 is 1.48. The summed E-state index contributed by atoms with van der Waals surface area (Å²) in [6.45, 7) is 0.333. The Labute approximate surface area is 190 Å². The van der Waals surface area contributed by atoms with Crippen LogP contribution in [-0.2, 0) is 6.61 Å². The van der Waals surface area contributed by atoms with Gasteiger partial charge in [0, 0.05) is 35.4 Å². The first kappa shape index (κ1) is 21.5. The molecule has 4 rings (SSSR count). The summed E-state index contributed by atoms with van der Waals surface area (Å²) in [5.41, 5.74) is 2.83. The van der Waals surface area contributed by atoms with Gasteiger partial charge in [-0.2, -0.15) is 0 Å². The van der Waals surface area contributed by atoms with Gasteiger partial charge >= 0.3 is 0 Å². The predicted molar refractivity (Wildman–Crippen MR) is 125 cm³/mol. The Balaban J connectivity index is 1.57. The van der Waals surface area contributed by atoms with E-state index in [4.69, 9.17) is 9.47 Å². The molecule has 162 valence electrons. The zero-order valence-electron chi connectivity index (χ0n) is 17.7. The molecular weight excluding hydrogens is 424 g/mol. The van der Waals surface area contributed by atoms with Crippen LogP contribution in [0.3, 0.4) is 0 Å². The predicted octanol–water partition coefficient (Wildman–Crippen LogP) is 4.83. The minimum absolute atomic E-state index is 0.273. The van der Waals surface area contributed by atoms with Gasteiger partial charge < -0.3 is 14.8 Å². The van der Waals surface area contributed by atoms with Crippen molar-refractivity contribution in [3.63, 3.8) is 0 Å². The number of thioether (sulfide) groups is 1. The molecule has 32 heavy (non-hydrogen) atoms. The average molecular weight is 447 g/mol. The first-order chi connectivity index (χ1) is 15.7. The summed E-state index contributed by atoms with van der Waals surface area (Å²) in [6, 6.07) is 18.7. The van der Waals surface area contributed by atoms with Gasteiger partial charge in [-0.15, -0.1) is 0 Å². The van der Waals surface area contributed by atoms with Gasteiger partial charge in [-0.25, -0.2) is 4.98 Å². The zero-order valence-corrected chi connectivity index (χ0v) is 18.5. The van der Waals surface area contributed by atoms with E-state index < -0.39 is 0 Å². The van der Waals surface area contributed by atoms with Crippen LogP contribution in [0.15, 0.2) is 84.4 Å². The van der Waals surface area contributed by atoms with E-state index in [1.807, 2.05) is 53.3 Å². The number of hydrogen-bond acceptors (Lipinski definition) is 6. The fourth-order valence-electron chi connectivity index (χ4n) is 3.17. The second kappa shape index (κ2) is 10.0. The zero-order chi connectivity index (χ0) is 22.3. The molecule has 0 saturated carbocycles. The molecule has 0 bridgehead atoms. The van der Waals surface area contributed by atoms with Gasteiger partial charge in [0.25, 0.3) is 5.91 Å². The largest absolute Gasteiger partial charge is 0.493 e. The molecule has 0 aliphatic rings. The smallest absolute Gasteiger partial charge is 0.274 e. The van der Waals surface area contributed by atoms with Crippen LogP contribution in [0, 0.1) is 0 Å². The number of nitrogens with zero attached hydrogens (tertiary/aromatic N) is 3. The van der Waals surface area contributed by atoms with Crippen molar-refractivity contribution >= 4 is 23.4 Å². The number of nitrogens with one attached hydrogen (secondary N) is 1. The van der Waals surface area contributed by atoms with Gasteiger partial charge in [-0.1, -0.05) is 36.0 Å². The molecule has 0 spiro atoms. The van der Waals surface area contributed by atoms with E-state index in [9.17, 15) is 4.79 Å². The number of anilines is 1. The van der Waals surface area contributed by atoms with Crippen LogP contribution in [-0.4, -0.2) is 33.8 Å². The van der Waals surface area contributed by atoms with Gasteiger partial charge in [0.2, 0.25) is 0 Å². The highest BCUT2D eigenvalue weighted by Gasteiger charge is 2.18. The quantitative estimate of drug-likeness (QED) is 0.391. The number of methoxy groups -OCH3 is 1. The molecule has 1 amide bonds. The topological polar surface area (TPSA) is 78.3 Å². The molecule has 1 N–H and O–H groups in total. The number of hydrogen-bond donors (Lipinski definition) is 1. The van der Waals surface area contributed by atoms with Gasteiger partial charge in [-0.3, -0.25) is 14.3 Å². The van der Waals surface area contributed by atoms with Crippen molar-refractivity contribution in [1.82, 2.24) is 14.5 Å². The van der Waals surface area contributed by atoms with Crippen LogP contribution in [0.25, 0.3) is 5.69 Å². The number of para-hydroxylation sites is 1. The second-order valence-electron chi connectivity index (χ2n) is 6.77. The van der Waals surface area contributed by atoms with E-state index in [1.165, 1.54) is 11.8 Å². The average Bonchev–Trinajstić information content (AvgIpc) is 3.28. The molecule has 4 aromatic rings. The van der Waals surface area contributed by atoms with Crippen LogP contribution in [0.5, 0.6) is 11.5 Å². The van der Waals surface area contributed by atoms with Crippen molar-refractivity contribution in [3.05, 3.63) is 90.5 Å². The molecule has 0 atom stereocenters. The van der Waals surface area contributed by atoms with E-state index >= 15 is 0 Å². The summed E-state index contributed by atoms with van der Waals surface area (Å²) in [4.78, 5) is 21.6. The lowest BCUT2D eigenvalue weighted by atomic mass is 10.2. The summed E-state index contributed by atoms with van der Waals surface area (Å²) < 4.78 is 13.2. The molecule has 0 unspecified atom stereocenters. The number of ether oxygens (including phenoxy) is 2. The number of carbonyl (C=O) groups excluding carboxylic acids is 1. The first-order valence-corrected chi connectivity index (χ1v) is 11.1. The molecule has 2 heterocycles. The lowest BCUT2D eigenvalue weighted by Gasteiger charge is -2.14. The van der Waals surface area contributed by atoms with Crippen molar-refractivity contribution in [2.75, 3.05) is 18.7 Å². The van der Waals surface area contributed by atoms with Crippen LogP contribution >= 0.6 is 11.8 Å². The molecule has 0 radical (unpaired) electrons. The van der Waals surface area contributed by atoms with Gasteiger partial charge in [0.15, 0.2) is 16.7 Å². The third-order valence-corrected chi connectivity index (χ3v) is 5.35. The van der Waals surface area contributed by atoms with E-state index in [0.717, 1.165) is 16.4 Å². The fraction of sp³-hybridized carbons (Fsp3) is 0.125. The Hall–Kier alpha value is -3.78.